The lowest BCUT2D eigenvalue weighted by molar-refractivity contribution is -0.143. The number of alkyl halides is 6. The summed E-state index contributed by atoms with van der Waals surface area (Å²) in [4.78, 5) is 17.7. The fourth-order valence-corrected chi connectivity index (χ4v) is 2.80. The molecule has 158 valence electrons. The average Bonchev–Trinajstić information content (AvgIpc) is 3.21. The van der Waals surface area contributed by atoms with Gasteiger partial charge in [-0.3, -0.25) is 9.78 Å². The highest BCUT2D eigenvalue weighted by Gasteiger charge is 2.37. The Hall–Kier alpha value is -3.30. The van der Waals surface area contributed by atoms with E-state index in [2.05, 4.69) is 4.98 Å². The summed E-state index contributed by atoms with van der Waals surface area (Å²) >= 11 is 0. The Morgan fingerprint density at radius 3 is 1.93 bits per heavy atom. The SMILES string of the molecule is O=C(c1ccco1)N(Cc1ccncc1)Cc1cc(C(F)(F)F)cc(C(F)(F)F)c1. The van der Waals surface area contributed by atoms with Crippen molar-refractivity contribution < 1.29 is 35.6 Å². The Morgan fingerprint density at radius 2 is 1.43 bits per heavy atom. The van der Waals surface area contributed by atoms with E-state index >= 15 is 0 Å². The number of halogens is 6. The van der Waals surface area contributed by atoms with Crippen molar-refractivity contribution in [1.29, 1.82) is 0 Å². The summed E-state index contributed by atoms with van der Waals surface area (Å²) < 4.78 is 83.8. The van der Waals surface area contributed by atoms with E-state index in [0.29, 0.717) is 17.7 Å². The highest BCUT2D eigenvalue weighted by molar-refractivity contribution is 5.91. The highest BCUT2D eigenvalue weighted by atomic mass is 19.4. The molecule has 0 radical (unpaired) electrons. The zero-order valence-electron chi connectivity index (χ0n) is 15.2. The summed E-state index contributed by atoms with van der Waals surface area (Å²) in [6, 6.07) is 7.21. The first-order valence-corrected chi connectivity index (χ1v) is 8.54. The lowest BCUT2D eigenvalue weighted by Crippen LogP contribution is -2.30. The smallest absolute Gasteiger partial charge is 0.416 e. The van der Waals surface area contributed by atoms with Gasteiger partial charge in [-0.1, -0.05) is 0 Å². The molecule has 0 atom stereocenters. The van der Waals surface area contributed by atoms with Crippen LogP contribution in [0.3, 0.4) is 0 Å². The number of pyridine rings is 1. The molecule has 0 saturated carbocycles. The van der Waals surface area contributed by atoms with E-state index in [4.69, 9.17) is 4.42 Å². The molecule has 2 aromatic heterocycles. The Balaban J connectivity index is 1.99. The van der Waals surface area contributed by atoms with E-state index in [0.717, 1.165) is 4.90 Å². The van der Waals surface area contributed by atoms with E-state index in [1.165, 1.54) is 30.8 Å². The van der Waals surface area contributed by atoms with Crippen molar-refractivity contribution in [2.75, 3.05) is 0 Å². The van der Waals surface area contributed by atoms with Crippen LogP contribution in [0.2, 0.25) is 0 Å². The summed E-state index contributed by atoms with van der Waals surface area (Å²) in [6.07, 6.45) is -5.80. The predicted octanol–water partition coefficient (Wildman–Crippen LogP) is 5.55. The summed E-state index contributed by atoms with van der Waals surface area (Å²) in [5.41, 5.74) is -2.61. The van der Waals surface area contributed by atoms with Crippen LogP contribution in [0.15, 0.2) is 65.5 Å². The Labute approximate surface area is 166 Å². The van der Waals surface area contributed by atoms with Crippen molar-refractivity contribution in [3.63, 3.8) is 0 Å². The van der Waals surface area contributed by atoms with Gasteiger partial charge in [0.1, 0.15) is 0 Å². The third kappa shape index (κ3) is 5.19. The minimum atomic E-state index is -4.98. The predicted molar refractivity (Wildman–Crippen MR) is 93.0 cm³/mol. The number of hydrogen-bond acceptors (Lipinski definition) is 3. The zero-order chi connectivity index (χ0) is 21.9. The zero-order valence-corrected chi connectivity index (χ0v) is 15.2. The van der Waals surface area contributed by atoms with Gasteiger partial charge in [0.2, 0.25) is 0 Å². The first-order valence-electron chi connectivity index (χ1n) is 8.54. The molecule has 3 rings (SSSR count). The fourth-order valence-electron chi connectivity index (χ4n) is 2.80. The first-order chi connectivity index (χ1) is 14.0. The van der Waals surface area contributed by atoms with Crippen LogP contribution in [-0.2, 0) is 25.4 Å². The molecular formula is C20H14F6N2O2. The summed E-state index contributed by atoms with van der Waals surface area (Å²) in [5, 5.41) is 0. The van der Waals surface area contributed by atoms with E-state index in [9.17, 15) is 31.1 Å². The summed E-state index contributed by atoms with van der Waals surface area (Å²) in [7, 11) is 0. The number of rotatable bonds is 5. The molecule has 3 aromatic rings. The van der Waals surface area contributed by atoms with Gasteiger partial charge in [0.15, 0.2) is 5.76 Å². The van der Waals surface area contributed by atoms with Gasteiger partial charge in [0, 0.05) is 25.5 Å². The van der Waals surface area contributed by atoms with Crippen LogP contribution in [0.5, 0.6) is 0 Å². The molecule has 0 unspecified atom stereocenters. The fraction of sp³-hybridized carbons (Fsp3) is 0.200. The lowest BCUT2D eigenvalue weighted by Gasteiger charge is -2.23. The van der Waals surface area contributed by atoms with Crippen molar-refractivity contribution in [2.45, 2.75) is 25.4 Å². The van der Waals surface area contributed by atoms with E-state index in [1.807, 2.05) is 0 Å². The van der Waals surface area contributed by atoms with Crippen LogP contribution < -0.4 is 0 Å². The van der Waals surface area contributed by atoms with Crippen molar-refractivity contribution in [1.82, 2.24) is 9.88 Å². The molecule has 0 aliphatic carbocycles. The van der Waals surface area contributed by atoms with Crippen molar-refractivity contribution >= 4 is 5.91 Å². The number of carbonyl (C=O) groups is 1. The molecule has 10 heteroatoms. The molecule has 2 heterocycles. The molecule has 30 heavy (non-hydrogen) atoms. The van der Waals surface area contributed by atoms with Gasteiger partial charge in [0.25, 0.3) is 5.91 Å². The highest BCUT2D eigenvalue weighted by Crippen LogP contribution is 2.36. The second kappa shape index (κ2) is 8.21. The molecule has 1 amide bonds. The summed E-state index contributed by atoms with van der Waals surface area (Å²) in [6.45, 7) is -0.561. The number of benzene rings is 1. The minimum Gasteiger partial charge on any atom is -0.459 e. The maximum atomic E-state index is 13.1. The summed E-state index contributed by atoms with van der Waals surface area (Å²) in [5.74, 6) is -0.769. The molecule has 0 spiro atoms. The quantitative estimate of drug-likeness (QED) is 0.501. The van der Waals surface area contributed by atoms with Crippen LogP contribution in [0.25, 0.3) is 0 Å². The van der Waals surface area contributed by atoms with Crippen molar-refractivity contribution in [3.8, 4) is 0 Å². The van der Waals surface area contributed by atoms with Gasteiger partial charge in [0.05, 0.1) is 17.4 Å². The number of amides is 1. The molecule has 0 bridgehead atoms. The van der Waals surface area contributed by atoms with Crippen molar-refractivity contribution in [3.05, 3.63) is 89.1 Å². The van der Waals surface area contributed by atoms with Crippen LogP contribution in [0, 0.1) is 0 Å². The van der Waals surface area contributed by atoms with Gasteiger partial charge in [-0.25, -0.2) is 0 Å². The standard InChI is InChI=1S/C20H14F6N2O2/c21-19(22,23)15-8-14(9-16(10-15)20(24,25)26)12-28(11-13-3-5-27-6-4-13)18(29)17-2-1-7-30-17/h1-10H,11-12H2. The third-order valence-electron chi connectivity index (χ3n) is 4.16. The first kappa shape index (κ1) is 21.4. The Morgan fingerprint density at radius 1 is 0.867 bits per heavy atom. The monoisotopic (exact) mass is 428 g/mol. The maximum Gasteiger partial charge on any atom is 0.416 e. The molecule has 0 aliphatic rings. The third-order valence-corrected chi connectivity index (χ3v) is 4.16. The lowest BCUT2D eigenvalue weighted by atomic mass is 10.0. The molecule has 0 aliphatic heterocycles. The van der Waals surface area contributed by atoms with Gasteiger partial charge in [-0.15, -0.1) is 0 Å². The molecule has 4 nitrogen and oxygen atoms in total. The van der Waals surface area contributed by atoms with Crippen LogP contribution >= 0.6 is 0 Å². The number of furan rings is 1. The normalized spacial score (nSPS) is 12.1. The minimum absolute atomic E-state index is 0.0467. The van der Waals surface area contributed by atoms with Gasteiger partial charge < -0.3 is 9.32 Å². The van der Waals surface area contributed by atoms with Crippen LogP contribution in [-0.4, -0.2) is 15.8 Å². The topological polar surface area (TPSA) is 46.3 Å². The number of nitrogens with zero attached hydrogens (tertiary/aromatic N) is 2. The molecule has 0 fully saturated rings. The average molecular weight is 428 g/mol. The van der Waals surface area contributed by atoms with Crippen molar-refractivity contribution in [2.24, 2.45) is 0 Å². The number of aromatic nitrogens is 1. The second-order valence-corrected chi connectivity index (χ2v) is 6.41. The maximum absolute atomic E-state index is 13.1. The number of hydrogen-bond donors (Lipinski definition) is 0. The van der Waals surface area contributed by atoms with Gasteiger partial charge >= 0.3 is 12.4 Å². The Bertz CT molecular complexity index is 966. The molecule has 0 saturated heterocycles. The van der Waals surface area contributed by atoms with E-state index < -0.39 is 35.9 Å². The van der Waals surface area contributed by atoms with Crippen LogP contribution in [0.1, 0.15) is 32.8 Å². The Kier molecular flexibility index (Phi) is 5.86. The molecule has 1 aromatic carbocycles. The van der Waals surface area contributed by atoms with E-state index in [1.54, 1.807) is 12.1 Å². The number of carbonyl (C=O) groups excluding carboxylic acids is 1. The second-order valence-electron chi connectivity index (χ2n) is 6.41. The molecular weight excluding hydrogens is 414 g/mol. The van der Waals surface area contributed by atoms with Gasteiger partial charge in [-0.05, 0) is 53.6 Å². The van der Waals surface area contributed by atoms with Crippen LogP contribution in [0.4, 0.5) is 26.3 Å². The largest absolute Gasteiger partial charge is 0.459 e. The van der Waals surface area contributed by atoms with E-state index in [-0.39, 0.29) is 23.9 Å². The molecule has 0 N–H and O–H groups in total. The van der Waals surface area contributed by atoms with Gasteiger partial charge in [-0.2, -0.15) is 26.3 Å².